The molecule has 0 amide bonds. The number of aliphatic carboxylic acids is 1. The lowest BCUT2D eigenvalue weighted by molar-refractivity contribution is -0.192. The highest BCUT2D eigenvalue weighted by atomic mass is 79.9. The summed E-state index contributed by atoms with van der Waals surface area (Å²) in [4.78, 5) is 11.3. The molecule has 4 heteroatoms. The van der Waals surface area contributed by atoms with Gasteiger partial charge in [0.1, 0.15) is 0 Å². The second-order valence-corrected chi connectivity index (χ2v) is 6.14. The van der Waals surface area contributed by atoms with Crippen LogP contribution in [0.1, 0.15) is 18.4 Å². The molecule has 3 fully saturated rings. The smallest absolute Gasteiger partial charge is 0.312 e. The summed E-state index contributed by atoms with van der Waals surface area (Å²) in [5.41, 5.74) is 0.463. The van der Waals surface area contributed by atoms with E-state index in [1.807, 2.05) is 12.1 Å². The summed E-state index contributed by atoms with van der Waals surface area (Å²) < 4.78 is 6.53. The quantitative estimate of drug-likeness (QED) is 0.912. The minimum absolute atomic E-state index is 0.0829. The molecule has 0 unspecified atom stereocenters. The fourth-order valence-corrected chi connectivity index (χ4v) is 3.61. The van der Waals surface area contributed by atoms with Gasteiger partial charge in [-0.15, -0.1) is 0 Å². The van der Waals surface area contributed by atoms with E-state index in [9.17, 15) is 9.90 Å². The monoisotopic (exact) mass is 296 g/mol. The molecule has 0 radical (unpaired) electrons. The highest BCUT2D eigenvalue weighted by molar-refractivity contribution is 9.10. The summed E-state index contributed by atoms with van der Waals surface area (Å²) in [5.74, 6) is -0.720. The van der Waals surface area contributed by atoms with Gasteiger partial charge in [-0.3, -0.25) is 4.79 Å². The van der Waals surface area contributed by atoms with Crippen molar-refractivity contribution in [2.45, 2.75) is 18.3 Å². The first-order valence-corrected chi connectivity index (χ1v) is 6.43. The van der Waals surface area contributed by atoms with E-state index >= 15 is 0 Å². The van der Waals surface area contributed by atoms with Crippen LogP contribution < -0.4 is 0 Å². The van der Waals surface area contributed by atoms with Crippen LogP contribution in [0.2, 0.25) is 0 Å². The lowest BCUT2D eigenvalue weighted by atomic mass is 9.49. The van der Waals surface area contributed by atoms with Crippen LogP contribution in [-0.2, 0) is 14.9 Å². The number of hydrogen-bond donors (Lipinski definition) is 1. The van der Waals surface area contributed by atoms with Crippen molar-refractivity contribution < 1.29 is 14.6 Å². The Morgan fingerprint density at radius 2 is 2.12 bits per heavy atom. The maximum absolute atomic E-state index is 11.3. The summed E-state index contributed by atoms with van der Waals surface area (Å²) in [6.07, 6.45) is 1.40. The van der Waals surface area contributed by atoms with E-state index in [0.717, 1.165) is 4.47 Å². The number of hydrogen-bond acceptors (Lipinski definition) is 2. The molecule has 3 nitrogen and oxygen atoms in total. The van der Waals surface area contributed by atoms with Crippen molar-refractivity contribution in [2.75, 3.05) is 13.2 Å². The minimum Gasteiger partial charge on any atom is -0.481 e. The van der Waals surface area contributed by atoms with Gasteiger partial charge in [-0.05, 0) is 30.5 Å². The van der Waals surface area contributed by atoms with Crippen LogP contribution in [0.15, 0.2) is 28.7 Å². The van der Waals surface area contributed by atoms with Gasteiger partial charge in [0.2, 0.25) is 0 Å². The van der Waals surface area contributed by atoms with Gasteiger partial charge >= 0.3 is 5.97 Å². The first-order chi connectivity index (χ1) is 8.06. The summed E-state index contributed by atoms with van der Waals surface area (Å²) in [6.45, 7) is 0.997. The summed E-state index contributed by atoms with van der Waals surface area (Å²) in [5, 5.41) is 9.26. The Morgan fingerprint density at radius 3 is 2.76 bits per heavy atom. The van der Waals surface area contributed by atoms with E-state index in [1.165, 1.54) is 5.56 Å². The van der Waals surface area contributed by atoms with Crippen LogP contribution in [0.25, 0.3) is 0 Å². The molecular formula is C13H13BrO3. The zero-order valence-electron chi connectivity index (χ0n) is 9.28. The topological polar surface area (TPSA) is 46.5 Å². The average molecular weight is 297 g/mol. The molecule has 1 aromatic carbocycles. The maximum Gasteiger partial charge on any atom is 0.312 e. The lowest BCUT2D eigenvalue weighted by Crippen LogP contribution is -2.62. The Balaban J connectivity index is 1.93. The molecule has 1 saturated carbocycles. The van der Waals surface area contributed by atoms with Crippen LogP contribution in [0.5, 0.6) is 0 Å². The van der Waals surface area contributed by atoms with Gasteiger partial charge < -0.3 is 9.84 Å². The summed E-state index contributed by atoms with van der Waals surface area (Å²) >= 11 is 3.46. The zero-order valence-corrected chi connectivity index (χ0v) is 10.9. The van der Waals surface area contributed by atoms with Crippen molar-refractivity contribution in [3.8, 4) is 0 Å². The van der Waals surface area contributed by atoms with Crippen LogP contribution in [0.4, 0.5) is 0 Å². The average Bonchev–Trinajstić information content (AvgIpc) is 2.28. The number of benzene rings is 1. The van der Waals surface area contributed by atoms with Crippen molar-refractivity contribution in [1.29, 1.82) is 0 Å². The van der Waals surface area contributed by atoms with E-state index in [1.54, 1.807) is 0 Å². The van der Waals surface area contributed by atoms with Gasteiger partial charge in [0.15, 0.2) is 0 Å². The van der Waals surface area contributed by atoms with E-state index in [0.29, 0.717) is 26.1 Å². The molecule has 3 aliphatic rings. The molecule has 2 heterocycles. The third kappa shape index (κ3) is 1.54. The highest BCUT2D eigenvalue weighted by Crippen LogP contribution is 2.59. The van der Waals surface area contributed by atoms with E-state index < -0.39 is 11.4 Å². The van der Waals surface area contributed by atoms with Gasteiger partial charge in [0.05, 0.1) is 18.6 Å². The van der Waals surface area contributed by atoms with Crippen molar-refractivity contribution in [2.24, 2.45) is 5.41 Å². The fourth-order valence-electron chi connectivity index (χ4n) is 3.21. The van der Waals surface area contributed by atoms with Crippen molar-refractivity contribution >= 4 is 21.9 Å². The normalized spacial score (nSPS) is 35.1. The highest BCUT2D eigenvalue weighted by Gasteiger charge is 2.63. The van der Waals surface area contributed by atoms with Crippen molar-refractivity contribution in [3.63, 3.8) is 0 Å². The largest absolute Gasteiger partial charge is 0.481 e. The van der Waals surface area contributed by atoms with E-state index in [4.69, 9.17) is 4.74 Å². The Hall–Kier alpha value is -0.870. The number of carboxylic acids is 1. The molecule has 17 heavy (non-hydrogen) atoms. The standard InChI is InChI=1S/C13H13BrO3/c14-10-3-1-2-9(4-10)12-5-13(6-12,11(15)16)8-17-7-12/h1-4H,5-8H2,(H,15,16). The third-order valence-electron chi connectivity index (χ3n) is 4.00. The Bertz CT molecular complexity index is 477. The van der Waals surface area contributed by atoms with Crippen LogP contribution in [-0.4, -0.2) is 24.3 Å². The van der Waals surface area contributed by atoms with Gasteiger partial charge in [-0.25, -0.2) is 0 Å². The number of rotatable bonds is 2. The fraction of sp³-hybridized carbons (Fsp3) is 0.462. The number of carboxylic acid groups (broad SMARTS) is 1. The second-order valence-electron chi connectivity index (χ2n) is 5.22. The van der Waals surface area contributed by atoms with Crippen molar-refractivity contribution in [3.05, 3.63) is 34.3 Å². The molecule has 1 N–H and O–H groups in total. The molecule has 90 valence electrons. The summed E-state index contributed by atoms with van der Waals surface area (Å²) in [6, 6.07) is 8.10. The number of halogens is 1. The van der Waals surface area contributed by atoms with Crippen LogP contribution >= 0.6 is 15.9 Å². The third-order valence-corrected chi connectivity index (χ3v) is 4.49. The molecule has 4 rings (SSSR count). The lowest BCUT2D eigenvalue weighted by Gasteiger charge is -2.58. The van der Waals surface area contributed by atoms with Gasteiger partial charge in [0.25, 0.3) is 0 Å². The molecule has 2 aliphatic heterocycles. The minimum atomic E-state index is -0.720. The molecule has 2 bridgehead atoms. The molecule has 2 saturated heterocycles. The zero-order chi connectivity index (χ0) is 12.1. The van der Waals surface area contributed by atoms with Gasteiger partial charge in [-0.2, -0.15) is 0 Å². The van der Waals surface area contributed by atoms with Crippen LogP contribution in [0.3, 0.4) is 0 Å². The molecule has 0 aromatic heterocycles. The molecular weight excluding hydrogens is 284 g/mol. The van der Waals surface area contributed by atoms with Gasteiger partial charge in [-0.1, -0.05) is 28.1 Å². The number of fused-ring (bicyclic) bond motifs is 2. The first kappa shape index (κ1) is 11.2. The molecule has 0 spiro atoms. The SMILES string of the molecule is O=C(O)C12COCC(c3cccc(Br)c3)(C1)C2. The van der Waals surface area contributed by atoms with E-state index in [2.05, 4.69) is 28.1 Å². The summed E-state index contributed by atoms with van der Waals surface area (Å²) in [7, 11) is 0. The Morgan fingerprint density at radius 1 is 1.35 bits per heavy atom. The Kier molecular flexibility index (Phi) is 2.35. The number of carbonyl (C=O) groups is 1. The van der Waals surface area contributed by atoms with E-state index in [-0.39, 0.29) is 5.41 Å². The van der Waals surface area contributed by atoms with Crippen LogP contribution in [0, 0.1) is 5.41 Å². The molecule has 1 aliphatic carbocycles. The second kappa shape index (κ2) is 3.56. The van der Waals surface area contributed by atoms with Gasteiger partial charge in [0, 0.05) is 9.89 Å². The number of ether oxygens (including phenoxy) is 1. The maximum atomic E-state index is 11.3. The molecule has 0 atom stereocenters. The first-order valence-electron chi connectivity index (χ1n) is 5.64. The predicted molar refractivity (Wildman–Crippen MR) is 65.9 cm³/mol. The molecule has 1 aromatic rings. The van der Waals surface area contributed by atoms with Crippen molar-refractivity contribution in [1.82, 2.24) is 0 Å². The predicted octanol–water partition coefficient (Wildman–Crippen LogP) is 2.58. The Labute approximate surface area is 108 Å².